The van der Waals surface area contributed by atoms with E-state index >= 15 is 0 Å². The minimum atomic E-state index is -1.31. The summed E-state index contributed by atoms with van der Waals surface area (Å²) in [7, 11) is 1.30. The van der Waals surface area contributed by atoms with Gasteiger partial charge in [0.25, 0.3) is 0 Å². The minimum absolute atomic E-state index is 0.0130. The van der Waals surface area contributed by atoms with Crippen LogP contribution in [0.3, 0.4) is 0 Å². The number of nitrogens with zero attached hydrogens (tertiary/aromatic N) is 1. The lowest BCUT2D eigenvalue weighted by atomic mass is 9.84. The van der Waals surface area contributed by atoms with Gasteiger partial charge in [-0.2, -0.15) is 0 Å². The van der Waals surface area contributed by atoms with E-state index < -0.39 is 28.4 Å². The van der Waals surface area contributed by atoms with Crippen molar-refractivity contribution in [3.8, 4) is 0 Å². The van der Waals surface area contributed by atoms with Gasteiger partial charge < -0.3 is 9.64 Å². The van der Waals surface area contributed by atoms with Gasteiger partial charge in [0, 0.05) is 5.69 Å². The van der Waals surface area contributed by atoms with Gasteiger partial charge in [-0.05, 0) is 47.5 Å². The summed E-state index contributed by atoms with van der Waals surface area (Å²) in [5.74, 6) is -1.64. The lowest BCUT2D eigenvalue weighted by Crippen LogP contribution is -2.55. The Morgan fingerprint density at radius 1 is 0.968 bits per heavy atom. The molecule has 2 atom stereocenters. The molecule has 4 nitrogen and oxygen atoms in total. The molecular weight excluding hydrogens is 420 g/mol. The Labute approximate surface area is 182 Å². The molecule has 0 spiro atoms. The van der Waals surface area contributed by atoms with Crippen LogP contribution in [-0.2, 0) is 19.1 Å². The Kier molecular flexibility index (Phi) is 5.78. The molecule has 0 aliphatic carbocycles. The smallest absolute Gasteiger partial charge is 0.329 e. The van der Waals surface area contributed by atoms with Crippen molar-refractivity contribution >= 4 is 29.3 Å². The number of carbonyl (C=O) groups is 2. The number of esters is 1. The third kappa shape index (κ3) is 3.70. The number of amides is 1. The molecule has 1 saturated heterocycles. The molecule has 4 rings (SSSR count). The standard InChI is InChI=1S/C24H19F2NO3S/c1-30-23(29)24(17-5-3-2-4-6-17)22(16-7-9-18(25)10-8-16)27(21(28)15-31-24)20-13-11-19(26)12-14-20/h2-14,22H,15H2,1H3. The van der Waals surface area contributed by atoms with Gasteiger partial charge in [0.1, 0.15) is 11.6 Å². The number of hydrogen-bond donors (Lipinski definition) is 0. The number of halogens is 2. The van der Waals surface area contributed by atoms with Gasteiger partial charge in [-0.3, -0.25) is 9.59 Å². The summed E-state index contributed by atoms with van der Waals surface area (Å²) in [4.78, 5) is 28.0. The van der Waals surface area contributed by atoms with Gasteiger partial charge >= 0.3 is 5.97 Å². The van der Waals surface area contributed by atoms with Crippen LogP contribution in [0.25, 0.3) is 0 Å². The first-order chi connectivity index (χ1) is 15.0. The number of benzene rings is 3. The predicted octanol–water partition coefficient (Wildman–Crippen LogP) is 4.85. The van der Waals surface area contributed by atoms with Crippen LogP contribution in [0.4, 0.5) is 14.5 Å². The summed E-state index contributed by atoms with van der Waals surface area (Å²) in [6, 6.07) is 19.4. The van der Waals surface area contributed by atoms with E-state index in [1.54, 1.807) is 36.4 Å². The number of methoxy groups -OCH3 is 1. The fourth-order valence-corrected chi connectivity index (χ4v) is 5.33. The van der Waals surface area contributed by atoms with E-state index in [-0.39, 0.29) is 11.7 Å². The van der Waals surface area contributed by atoms with Crippen molar-refractivity contribution in [3.63, 3.8) is 0 Å². The first-order valence-corrected chi connectivity index (χ1v) is 10.6. The molecule has 31 heavy (non-hydrogen) atoms. The molecule has 0 N–H and O–H groups in total. The number of rotatable bonds is 4. The van der Waals surface area contributed by atoms with Crippen LogP contribution in [0.5, 0.6) is 0 Å². The monoisotopic (exact) mass is 439 g/mol. The van der Waals surface area contributed by atoms with Crippen molar-refractivity contribution in [1.82, 2.24) is 0 Å². The van der Waals surface area contributed by atoms with Crippen LogP contribution in [0.15, 0.2) is 78.9 Å². The molecule has 0 aromatic heterocycles. The molecule has 3 aromatic carbocycles. The largest absolute Gasteiger partial charge is 0.468 e. The summed E-state index contributed by atoms with van der Waals surface area (Å²) >= 11 is 1.18. The zero-order valence-electron chi connectivity index (χ0n) is 16.6. The van der Waals surface area contributed by atoms with E-state index in [1.165, 1.54) is 60.2 Å². The number of thioether (sulfide) groups is 1. The molecule has 158 valence electrons. The highest BCUT2D eigenvalue weighted by atomic mass is 32.2. The Bertz CT molecular complexity index is 1090. The number of anilines is 1. The molecule has 0 radical (unpaired) electrons. The van der Waals surface area contributed by atoms with Crippen molar-refractivity contribution in [1.29, 1.82) is 0 Å². The molecule has 0 saturated carbocycles. The fraction of sp³-hybridized carbons (Fsp3) is 0.167. The van der Waals surface area contributed by atoms with E-state index in [2.05, 4.69) is 0 Å². The maximum Gasteiger partial charge on any atom is 0.329 e. The Morgan fingerprint density at radius 2 is 1.55 bits per heavy atom. The summed E-state index contributed by atoms with van der Waals surface area (Å²) < 4.78 is 31.2. The second-order valence-corrected chi connectivity index (χ2v) is 8.30. The third-order valence-electron chi connectivity index (χ3n) is 5.32. The Balaban J connectivity index is 2.00. The van der Waals surface area contributed by atoms with Crippen molar-refractivity contribution in [2.24, 2.45) is 0 Å². The lowest BCUT2D eigenvalue weighted by Gasteiger charge is -2.47. The van der Waals surface area contributed by atoms with Gasteiger partial charge in [-0.15, -0.1) is 11.8 Å². The lowest BCUT2D eigenvalue weighted by molar-refractivity contribution is -0.144. The topological polar surface area (TPSA) is 46.6 Å². The van der Waals surface area contributed by atoms with Crippen LogP contribution in [0, 0.1) is 11.6 Å². The number of carbonyl (C=O) groups excluding carboxylic acids is 2. The molecule has 1 fully saturated rings. The predicted molar refractivity (Wildman–Crippen MR) is 116 cm³/mol. The van der Waals surface area contributed by atoms with Crippen molar-refractivity contribution in [2.45, 2.75) is 10.8 Å². The molecular formula is C24H19F2NO3S. The molecule has 1 amide bonds. The summed E-state index contributed by atoms with van der Waals surface area (Å²) in [5, 5.41) is 0. The molecule has 1 aliphatic heterocycles. The van der Waals surface area contributed by atoms with Crippen molar-refractivity contribution in [2.75, 3.05) is 17.8 Å². The number of hydrogen-bond acceptors (Lipinski definition) is 4. The molecule has 7 heteroatoms. The molecule has 1 aliphatic rings. The highest BCUT2D eigenvalue weighted by molar-refractivity contribution is 8.01. The van der Waals surface area contributed by atoms with Crippen LogP contribution < -0.4 is 4.90 Å². The van der Waals surface area contributed by atoms with Gasteiger partial charge in [0.05, 0.1) is 18.9 Å². The first kappa shape index (κ1) is 21.1. The summed E-state index contributed by atoms with van der Waals surface area (Å²) in [5.41, 5.74) is 1.64. The summed E-state index contributed by atoms with van der Waals surface area (Å²) in [6.07, 6.45) is 0. The maximum atomic E-state index is 13.7. The van der Waals surface area contributed by atoms with E-state index in [0.29, 0.717) is 16.8 Å². The van der Waals surface area contributed by atoms with Gasteiger partial charge in [-0.25, -0.2) is 8.78 Å². The average Bonchev–Trinajstić information content (AvgIpc) is 2.80. The van der Waals surface area contributed by atoms with Crippen LogP contribution in [-0.4, -0.2) is 24.7 Å². The van der Waals surface area contributed by atoms with Gasteiger partial charge in [0.15, 0.2) is 4.75 Å². The normalized spacial score (nSPS) is 21.1. The molecule has 1 heterocycles. The Hall–Kier alpha value is -3.19. The third-order valence-corrected chi connectivity index (χ3v) is 6.79. The average molecular weight is 439 g/mol. The first-order valence-electron chi connectivity index (χ1n) is 9.58. The molecule has 3 aromatic rings. The van der Waals surface area contributed by atoms with Crippen molar-refractivity contribution in [3.05, 3.63) is 102 Å². The summed E-state index contributed by atoms with van der Waals surface area (Å²) in [6.45, 7) is 0. The second kappa shape index (κ2) is 8.51. The SMILES string of the molecule is COC(=O)C1(c2ccccc2)SCC(=O)N(c2ccc(F)cc2)C1c1ccc(F)cc1. The second-order valence-electron chi connectivity index (χ2n) is 7.08. The van der Waals surface area contributed by atoms with Crippen LogP contribution in [0.2, 0.25) is 0 Å². The fourth-order valence-electron chi connectivity index (χ4n) is 3.94. The quantitative estimate of drug-likeness (QED) is 0.545. The Morgan fingerprint density at radius 3 is 2.13 bits per heavy atom. The highest BCUT2D eigenvalue weighted by Crippen LogP contribution is 2.54. The zero-order valence-corrected chi connectivity index (χ0v) is 17.4. The van der Waals surface area contributed by atoms with E-state index in [0.717, 1.165) is 0 Å². The molecule has 0 bridgehead atoms. The van der Waals surface area contributed by atoms with E-state index in [4.69, 9.17) is 4.74 Å². The molecule has 2 unspecified atom stereocenters. The van der Waals surface area contributed by atoms with Crippen molar-refractivity contribution < 1.29 is 23.1 Å². The van der Waals surface area contributed by atoms with E-state index in [1.807, 2.05) is 6.07 Å². The van der Waals surface area contributed by atoms with Gasteiger partial charge in [-0.1, -0.05) is 42.5 Å². The highest BCUT2D eigenvalue weighted by Gasteiger charge is 2.56. The minimum Gasteiger partial charge on any atom is -0.468 e. The van der Waals surface area contributed by atoms with Crippen LogP contribution >= 0.6 is 11.8 Å². The maximum absolute atomic E-state index is 13.7. The number of ether oxygens (including phenoxy) is 1. The zero-order chi connectivity index (χ0) is 22.0. The van der Waals surface area contributed by atoms with Gasteiger partial charge in [0.2, 0.25) is 5.91 Å². The van der Waals surface area contributed by atoms with E-state index in [9.17, 15) is 18.4 Å². The van der Waals surface area contributed by atoms with Crippen LogP contribution in [0.1, 0.15) is 17.2 Å².